The summed E-state index contributed by atoms with van der Waals surface area (Å²) in [6.07, 6.45) is 0. The highest BCUT2D eigenvalue weighted by Crippen LogP contribution is 2.34. The summed E-state index contributed by atoms with van der Waals surface area (Å²) in [6.45, 7) is 1.83. The number of carboxylic acids is 1. The van der Waals surface area contributed by atoms with Crippen LogP contribution in [-0.2, 0) is 7.05 Å². The number of nitrogens with zero attached hydrogens (tertiary/aromatic N) is 2. The van der Waals surface area contributed by atoms with Crippen LogP contribution >= 0.6 is 0 Å². The fraction of sp³-hybridized carbons (Fsp3) is 0.231. The molecule has 94 valence electrons. The molecule has 0 saturated carbocycles. The zero-order valence-electron chi connectivity index (χ0n) is 10.5. The first-order valence-electron chi connectivity index (χ1n) is 5.46. The molecule has 1 N–H and O–H groups in total. The number of rotatable bonds is 3. The summed E-state index contributed by atoms with van der Waals surface area (Å²) in [5, 5.41) is 13.2. The number of carbonyl (C=O) groups is 1. The first kappa shape index (κ1) is 12.2. The van der Waals surface area contributed by atoms with Gasteiger partial charge in [-0.1, -0.05) is 18.2 Å². The number of hydrogen-bond acceptors (Lipinski definition) is 3. The van der Waals surface area contributed by atoms with Crippen LogP contribution in [-0.4, -0.2) is 28.0 Å². The molecule has 0 amide bonds. The Kier molecular flexibility index (Phi) is 3.06. The normalized spacial score (nSPS) is 10.4. The number of hydrogen-bond donors (Lipinski definition) is 1. The largest absolute Gasteiger partial charge is 0.496 e. The molecule has 5 heteroatoms. The third kappa shape index (κ3) is 1.84. The maximum Gasteiger partial charge on any atom is 0.357 e. The predicted molar refractivity (Wildman–Crippen MR) is 66.9 cm³/mol. The lowest BCUT2D eigenvalue weighted by molar-refractivity contribution is 0.0690. The summed E-state index contributed by atoms with van der Waals surface area (Å²) in [5.74, 6) is -0.407. The van der Waals surface area contributed by atoms with Gasteiger partial charge in [-0.3, -0.25) is 4.68 Å². The maximum atomic E-state index is 11.2. The van der Waals surface area contributed by atoms with Crippen molar-refractivity contribution in [2.24, 2.45) is 7.05 Å². The number of aromatic nitrogens is 2. The molecule has 0 aliphatic carbocycles. The SMILES string of the molecule is COc1ccccc1-c1c(C(=O)O)nn(C)c1C. The second-order valence-corrected chi connectivity index (χ2v) is 3.94. The lowest BCUT2D eigenvalue weighted by Crippen LogP contribution is -2.01. The van der Waals surface area contributed by atoms with E-state index < -0.39 is 5.97 Å². The van der Waals surface area contributed by atoms with Gasteiger partial charge in [0.05, 0.1) is 7.11 Å². The van der Waals surface area contributed by atoms with Crippen LogP contribution in [0.2, 0.25) is 0 Å². The van der Waals surface area contributed by atoms with E-state index >= 15 is 0 Å². The van der Waals surface area contributed by atoms with Gasteiger partial charge in [-0.2, -0.15) is 5.10 Å². The average Bonchev–Trinajstić information content (AvgIpc) is 2.66. The van der Waals surface area contributed by atoms with Crippen LogP contribution in [0.5, 0.6) is 5.75 Å². The Labute approximate surface area is 105 Å². The highest BCUT2D eigenvalue weighted by atomic mass is 16.5. The van der Waals surface area contributed by atoms with Crippen molar-refractivity contribution in [1.29, 1.82) is 0 Å². The van der Waals surface area contributed by atoms with Crippen LogP contribution in [0, 0.1) is 6.92 Å². The highest BCUT2D eigenvalue weighted by molar-refractivity contribution is 5.95. The van der Waals surface area contributed by atoms with E-state index in [9.17, 15) is 9.90 Å². The molecule has 2 rings (SSSR count). The van der Waals surface area contributed by atoms with Crippen molar-refractivity contribution in [1.82, 2.24) is 9.78 Å². The van der Waals surface area contributed by atoms with E-state index in [-0.39, 0.29) is 5.69 Å². The topological polar surface area (TPSA) is 64.3 Å². The number of para-hydroxylation sites is 1. The van der Waals surface area contributed by atoms with Crippen LogP contribution in [0.4, 0.5) is 0 Å². The molecule has 0 unspecified atom stereocenters. The summed E-state index contributed by atoms with van der Waals surface area (Å²) in [5.41, 5.74) is 2.17. The molecule has 18 heavy (non-hydrogen) atoms. The maximum absolute atomic E-state index is 11.2. The Hall–Kier alpha value is -2.30. The minimum Gasteiger partial charge on any atom is -0.496 e. The quantitative estimate of drug-likeness (QED) is 0.900. The molecule has 5 nitrogen and oxygen atoms in total. The van der Waals surface area contributed by atoms with Gasteiger partial charge in [0.25, 0.3) is 0 Å². The summed E-state index contributed by atoms with van der Waals surface area (Å²) in [6, 6.07) is 7.31. The minimum absolute atomic E-state index is 0.0412. The standard InChI is InChI=1S/C13H14N2O3/c1-8-11(12(13(16)17)14-15(8)2)9-6-4-5-7-10(9)18-3/h4-7H,1-3H3,(H,16,17). The van der Waals surface area contributed by atoms with E-state index in [1.807, 2.05) is 25.1 Å². The molecule has 1 heterocycles. The summed E-state index contributed by atoms with van der Waals surface area (Å²) in [7, 11) is 3.28. The number of benzene rings is 1. The van der Waals surface area contributed by atoms with E-state index in [1.165, 1.54) is 0 Å². The van der Waals surface area contributed by atoms with Gasteiger partial charge < -0.3 is 9.84 Å². The number of aromatic carboxylic acids is 1. The Balaban J connectivity index is 2.74. The number of ether oxygens (including phenoxy) is 1. The van der Waals surface area contributed by atoms with Crippen molar-refractivity contribution in [2.45, 2.75) is 6.92 Å². The number of aryl methyl sites for hydroxylation is 1. The number of methoxy groups -OCH3 is 1. The molecular formula is C13H14N2O3. The Morgan fingerprint density at radius 1 is 1.39 bits per heavy atom. The van der Waals surface area contributed by atoms with Gasteiger partial charge in [0, 0.05) is 23.9 Å². The van der Waals surface area contributed by atoms with E-state index in [0.29, 0.717) is 11.3 Å². The third-order valence-corrected chi connectivity index (χ3v) is 2.91. The zero-order valence-corrected chi connectivity index (χ0v) is 10.5. The van der Waals surface area contributed by atoms with E-state index in [4.69, 9.17) is 4.74 Å². The molecule has 0 atom stereocenters. The van der Waals surface area contributed by atoms with Crippen molar-refractivity contribution >= 4 is 5.97 Å². The third-order valence-electron chi connectivity index (χ3n) is 2.91. The van der Waals surface area contributed by atoms with Gasteiger partial charge in [0.2, 0.25) is 0 Å². The first-order valence-corrected chi connectivity index (χ1v) is 5.46. The Morgan fingerprint density at radius 3 is 2.67 bits per heavy atom. The molecule has 1 aromatic carbocycles. The fourth-order valence-electron chi connectivity index (χ4n) is 1.93. The zero-order chi connectivity index (χ0) is 13.3. The van der Waals surface area contributed by atoms with Crippen LogP contribution in [0.25, 0.3) is 11.1 Å². The molecule has 2 aromatic rings. The van der Waals surface area contributed by atoms with Gasteiger partial charge in [0.1, 0.15) is 5.75 Å². The van der Waals surface area contributed by atoms with Crippen LogP contribution in [0.3, 0.4) is 0 Å². The van der Waals surface area contributed by atoms with E-state index in [2.05, 4.69) is 5.10 Å². The summed E-state index contributed by atoms with van der Waals surface area (Å²) < 4.78 is 6.83. The van der Waals surface area contributed by atoms with Gasteiger partial charge in [-0.25, -0.2) is 4.79 Å². The van der Waals surface area contributed by atoms with Crippen LogP contribution in [0.15, 0.2) is 24.3 Å². The fourth-order valence-corrected chi connectivity index (χ4v) is 1.93. The molecule has 0 aliphatic heterocycles. The van der Waals surface area contributed by atoms with Crippen LogP contribution in [0.1, 0.15) is 16.2 Å². The Bertz CT molecular complexity index is 602. The minimum atomic E-state index is -1.04. The predicted octanol–water partition coefficient (Wildman–Crippen LogP) is 2.10. The second kappa shape index (κ2) is 4.52. The van der Waals surface area contributed by atoms with Gasteiger partial charge in [0.15, 0.2) is 5.69 Å². The van der Waals surface area contributed by atoms with Gasteiger partial charge >= 0.3 is 5.97 Å². The van der Waals surface area contributed by atoms with Gasteiger partial charge in [-0.05, 0) is 13.0 Å². The monoisotopic (exact) mass is 246 g/mol. The highest BCUT2D eigenvalue weighted by Gasteiger charge is 2.22. The van der Waals surface area contributed by atoms with Crippen molar-refractivity contribution in [3.05, 3.63) is 35.7 Å². The van der Waals surface area contributed by atoms with E-state index in [1.54, 1.807) is 24.9 Å². The van der Waals surface area contributed by atoms with Crippen molar-refractivity contribution < 1.29 is 14.6 Å². The van der Waals surface area contributed by atoms with Crippen LogP contribution < -0.4 is 4.74 Å². The van der Waals surface area contributed by atoms with E-state index in [0.717, 1.165) is 11.3 Å². The molecule has 0 spiro atoms. The molecule has 0 radical (unpaired) electrons. The molecule has 0 aliphatic rings. The summed E-state index contributed by atoms with van der Waals surface area (Å²) in [4.78, 5) is 11.2. The smallest absolute Gasteiger partial charge is 0.357 e. The number of carboxylic acid groups (broad SMARTS) is 1. The second-order valence-electron chi connectivity index (χ2n) is 3.94. The average molecular weight is 246 g/mol. The summed E-state index contributed by atoms with van der Waals surface area (Å²) >= 11 is 0. The molecule has 0 fully saturated rings. The molecular weight excluding hydrogens is 232 g/mol. The molecule has 0 bridgehead atoms. The van der Waals surface area contributed by atoms with Gasteiger partial charge in [-0.15, -0.1) is 0 Å². The lowest BCUT2D eigenvalue weighted by atomic mass is 10.0. The molecule has 0 saturated heterocycles. The van der Waals surface area contributed by atoms with Crippen molar-refractivity contribution in [2.75, 3.05) is 7.11 Å². The lowest BCUT2D eigenvalue weighted by Gasteiger charge is -2.08. The molecule has 1 aromatic heterocycles. The first-order chi connectivity index (χ1) is 8.56. The Morgan fingerprint density at radius 2 is 2.06 bits per heavy atom. The van der Waals surface area contributed by atoms with Crippen molar-refractivity contribution in [3.8, 4) is 16.9 Å². The van der Waals surface area contributed by atoms with Crippen molar-refractivity contribution in [3.63, 3.8) is 0 Å².